The number of amides is 1. The average molecular weight is 527 g/mol. The molecule has 1 fully saturated rings. The average Bonchev–Trinajstić information content (AvgIpc) is 3.44. The number of benzene rings is 2. The van der Waals surface area contributed by atoms with Crippen LogP contribution in [0.3, 0.4) is 0 Å². The van der Waals surface area contributed by atoms with Crippen LogP contribution in [0, 0.1) is 0 Å². The molecule has 0 spiro atoms. The van der Waals surface area contributed by atoms with Gasteiger partial charge >= 0.3 is 6.18 Å². The number of thioether (sulfide) groups is 1. The fraction of sp³-hybridized carbons (Fsp3) is 0.286. The third kappa shape index (κ3) is 5.44. The van der Waals surface area contributed by atoms with Crippen LogP contribution in [-0.2, 0) is 11.0 Å². The third-order valence-corrected chi connectivity index (χ3v) is 6.16. The number of hydrogen-bond donors (Lipinski definition) is 1. The van der Waals surface area contributed by atoms with E-state index < -0.39 is 11.7 Å². The first kappa shape index (κ1) is 22.7. The van der Waals surface area contributed by atoms with Crippen molar-refractivity contribution < 1.29 is 22.4 Å². The Morgan fingerprint density at radius 1 is 1.16 bits per heavy atom. The summed E-state index contributed by atoms with van der Waals surface area (Å²) in [5.74, 6) is -0.0775. The SMILES string of the molecule is O=C(CSc1nnc(-c2cccc(Br)c2)o1)Nc1ccc(C(F)(F)F)cc1N1CCCC1. The molecule has 1 aliphatic rings. The van der Waals surface area contributed by atoms with Crippen molar-refractivity contribution in [1.29, 1.82) is 0 Å². The summed E-state index contributed by atoms with van der Waals surface area (Å²) in [6, 6.07) is 10.7. The number of halogens is 4. The number of carbonyl (C=O) groups is 1. The van der Waals surface area contributed by atoms with Gasteiger partial charge in [0.2, 0.25) is 11.8 Å². The number of aromatic nitrogens is 2. The smallest absolute Gasteiger partial charge is 0.411 e. The summed E-state index contributed by atoms with van der Waals surface area (Å²) in [6.07, 6.45) is -2.65. The molecule has 32 heavy (non-hydrogen) atoms. The van der Waals surface area contributed by atoms with E-state index in [0.717, 1.165) is 46.8 Å². The van der Waals surface area contributed by atoms with Gasteiger partial charge < -0.3 is 14.6 Å². The largest absolute Gasteiger partial charge is 0.416 e. The van der Waals surface area contributed by atoms with E-state index in [9.17, 15) is 18.0 Å². The quantitative estimate of drug-likeness (QED) is 0.406. The van der Waals surface area contributed by atoms with Gasteiger partial charge in [0.15, 0.2) is 0 Å². The van der Waals surface area contributed by atoms with Crippen LogP contribution in [0.15, 0.2) is 56.6 Å². The molecule has 0 saturated carbocycles. The third-order valence-electron chi connectivity index (χ3n) is 4.85. The highest BCUT2D eigenvalue weighted by Crippen LogP contribution is 2.37. The normalized spacial score (nSPS) is 14.1. The minimum atomic E-state index is -4.45. The standard InChI is InChI=1S/C21H18BrF3N4O2S/c22-15-5-3-4-13(10-15)19-27-28-20(31-19)32-12-18(30)26-16-7-6-14(21(23,24)25)11-17(16)29-8-1-2-9-29/h3-7,10-11H,1-2,8-9,12H2,(H,26,30). The zero-order valence-corrected chi connectivity index (χ0v) is 19.1. The van der Waals surface area contributed by atoms with E-state index >= 15 is 0 Å². The lowest BCUT2D eigenvalue weighted by molar-refractivity contribution is -0.137. The van der Waals surface area contributed by atoms with Gasteiger partial charge in [0.1, 0.15) is 0 Å². The lowest BCUT2D eigenvalue weighted by Crippen LogP contribution is -2.22. The molecule has 2 heterocycles. The van der Waals surface area contributed by atoms with Gasteiger partial charge in [0, 0.05) is 23.1 Å². The van der Waals surface area contributed by atoms with Crippen LogP contribution in [0.5, 0.6) is 0 Å². The Balaban J connectivity index is 1.43. The monoisotopic (exact) mass is 526 g/mol. The van der Waals surface area contributed by atoms with Crippen molar-refractivity contribution in [2.45, 2.75) is 24.2 Å². The molecule has 11 heteroatoms. The summed E-state index contributed by atoms with van der Waals surface area (Å²) in [6.45, 7) is 1.30. The number of hydrogen-bond acceptors (Lipinski definition) is 6. The molecule has 0 atom stereocenters. The maximum absolute atomic E-state index is 13.2. The highest BCUT2D eigenvalue weighted by Gasteiger charge is 2.32. The van der Waals surface area contributed by atoms with Crippen molar-refractivity contribution in [1.82, 2.24) is 10.2 Å². The van der Waals surface area contributed by atoms with Gasteiger partial charge in [-0.05, 0) is 49.2 Å². The van der Waals surface area contributed by atoms with E-state index in [1.54, 1.807) is 0 Å². The molecule has 168 valence electrons. The van der Waals surface area contributed by atoms with E-state index in [-0.39, 0.29) is 16.9 Å². The lowest BCUT2D eigenvalue weighted by atomic mass is 10.1. The maximum Gasteiger partial charge on any atom is 0.416 e. The summed E-state index contributed by atoms with van der Waals surface area (Å²) >= 11 is 4.43. The van der Waals surface area contributed by atoms with Gasteiger partial charge in [-0.15, -0.1) is 10.2 Å². The predicted octanol–water partition coefficient (Wildman–Crippen LogP) is 5.85. The molecule has 2 aromatic carbocycles. The van der Waals surface area contributed by atoms with Crippen LogP contribution < -0.4 is 10.2 Å². The van der Waals surface area contributed by atoms with Gasteiger partial charge in [0.25, 0.3) is 5.22 Å². The molecule has 1 aromatic heterocycles. The molecule has 4 rings (SSSR count). The Kier molecular flexibility index (Phi) is 6.75. The molecular weight excluding hydrogens is 509 g/mol. The summed E-state index contributed by atoms with van der Waals surface area (Å²) in [5, 5.41) is 10.9. The van der Waals surface area contributed by atoms with E-state index in [1.165, 1.54) is 6.07 Å². The molecule has 1 aliphatic heterocycles. The summed E-state index contributed by atoms with van der Waals surface area (Å²) in [4.78, 5) is 14.3. The zero-order chi connectivity index (χ0) is 22.7. The van der Waals surface area contributed by atoms with E-state index in [0.29, 0.717) is 30.4 Å². The van der Waals surface area contributed by atoms with Crippen molar-refractivity contribution in [2.75, 3.05) is 29.1 Å². The molecule has 0 radical (unpaired) electrons. The van der Waals surface area contributed by atoms with E-state index in [2.05, 4.69) is 31.4 Å². The van der Waals surface area contributed by atoms with E-state index in [1.807, 2.05) is 29.2 Å². The highest BCUT2D eigenvalue weighted by molar-refractivity contribution is 9.10. The number of carbonyl (C=O) groups excluding carboxylic acids is 1. The number of alkyl halides is 3. The number of rotatable bonds is 6. The minimum Gasteiger partial charge on any atom is -0.411 e. The Bertz CT molecular complexity index is 1120. The number of anilines is 2. The van der Waals surface area contributed by atoms with Crippen molar-refractivity contribution in [3.8, 4) is 11.5 Å². The second-order valence-corrected chi connectivity index (χ2v) is 8.99. The molecule has 1 amide bonds. The van der Waals surface area contributed by atoms with E-state index in [4.69, 9.17) is 4.42 Å². The Hall–Kier alpha value is -2.53. The summed E-state index contributed by atoms with van der Waals surface area (Å²) < 4.78 is 46.0. The molecule has 0 aliphatic carbocycles. The zero-order valence-electron chi connectivity index (χ0n) is 16.7. The van der Waals surface area contributed by atoms with Gasteiger partial charge in [-0.2, -0.15) is 13.2 Å². The first-order valence-electron chi connectivity index (χ1n) is 9.78. The highest BCUT2D eigenvalue weighted by atomic mass is 79.9. The predicted molar refractivity (Wildman–Crippen MR) is 120 cm³/mol. The molecule has 0 bridgehead atoms. The van der Waals surface area contributed by atoms with Gasteiger partial charge in [-0.25, -0.2) is 0 Å². The molecule has 0 unspecified atom stereocenters. The second kappa shape index (κ2) is 9.53. The van der Waals surface area contributed by atoms with Crippen molar-refractivity contribution >= 4 is 45.0 Å². The fourth-order valence-corrected chi connectivity index (χ4v) is 4.32. The second-order valence-electron chi connectivity index (χ2n) is 7.14. The first-order chi connectivity index (χ1) is 15.3. The molecule has 1 saturated heterocycles. The molecule has 6 nitrogen and oxygen atoms in total. The number of nitrogens with zero attached hydrogens (tertiary/aromatic N) is 3. The lowest BCUT2D eigenvalue weighted by Gasteiger charge is -2.23. The topological polar surface area (TPSA) is 71.3 Å². The minimum absolute atomic E-state index is 0.0272. The Labute approximate surface area is 194 Å². The molecule has 3 aromatic rings. The summed E-state index contributed by atoms with van der Waals surface area (Å²) in [7, 11) is 0. The molecular formula is C21H18BrF3N4O2S. The van der Waals surface area contributed by atoms with Crippen LogP contribution in [0.1, 0.15) is 18.4 Å². The van der Waals surface area contributed by atoms with Gasteiger partial charge in [-0.3, -0.25) is 4.79 Å². The van der Waals surface area contributed by atoms with Crippen LogP contribution in [0.4, 0.5) is 24.5 Å². The van der Waals surface area contributed by atoms with Crippen molar-refractivity contribution in [2.24, 2.45) is 0 Å². The van der Waals surface area contributed by atoms with Crippen molar-refractivity contribution in [3.63, 3.8) is 0 Å². The maximum atomic E-state index is 13.2. The van der Waals surface area contributed by atoms with Crippen molar-refractivity contribution in [3.05, 3.63) is 52.5 Å². The summed E-state index contributed by atoms with van der Waals surface area (Å²) in [5.41, 5.74) is 0.733. The van der Waals surface area contributed by atoms with Crippen LogP contribution in [0.2, 0.25) is 0 Å². The number of nitrogens with one attached hydrogen (secondary N) is 1. The first-order valence-corrected chi connectivity index (χ1v) is 11.6. The van der Waals surface area contributed by atoms with Gasteiger partial charge in [-0.1, -0.05) is 33.8 Å². The Morgan fingerprint density at radius 3 is 2.66 bits per heavy atom. The van der Waals surface area contributed by atoms with Crippen LogP contribution in [-0.4, -0.2) is 34.9 Å². The Morgan fingerprint density at radius 2 is 1.94 bits per heavy atom. The fourth-order valence-electron chi connectivity index (χ4n) is 3.35. The van der Waals surface area contributed by atoms with Crippen LogP contribution in [0.25, 0.3) is 11.5 Å². The van der Waals surface area contributed by atoms with Gasteiger partial charge in [0.05, 0.1) is 22.7 Å². The molecule has 1 N–H and O–H groups in total. The van der Waals surface area contributed by atoms with Crippen LogP contribution >= 0.6 is 27.7 Å².